The Morgan fingerprint density at radius 3 is 2.66 bits per heavy atom. The number of amides is 1. The van der Waals surface area contributed by atoms with Crippen molar-refractivity contribution in [3.05, 3.63) is 101 Å². The largest absolute Gasteiger partial charge is 0.494 e. The minimum Gasteiger partial charge on any atom is -0.494 e. The van der Waals surface area contributed by atoms with E-state index < -0.39 is 0 Å². The Morgan fingerprint density at radius 1 is 1.13 bits per heavy atom. The van der Waals surface area contributed by atoms with E-state index in [0.29, 0.717) is 23.0 Å². The summed E-state index contributed by atoms with van der Waals surface area (Å²) in [5.74, 6) is 0.467. The Balaban J connectivity index is 1.63. The second-order valence-electron chi connectivity index (χ2n) is 9.02. The lowest BCUT2D eigenvalue weighted by Crippen LogP contribution is -2.30. The third-order valence-corrected chi connectivity index (χ3v) is 7.40. The molecule has 1 aliphatic rings. The molecular weight excluding hydrogens is 518 g/mol. The molecule has 0 bridgehead atoms. The van der Waals surface area contributed by atoms with Gasteiger partial charge in [0.15, 0.2) is 5.11 Å². The first-order chi connectivity index (χ1) is 18.4. The van der Waals surface area contributed by atoms with Crippen molar-refractivity contribution >= 4 is 46.2 Å². The smallest absolute Gasteiger partial charge is 0.224 e. The molecule has 3 heterocycles. The number of methoxy groups -OCH3 is 1. The maximum atomic E-state index is 12.0. The van der Waals surface area contributed by atoms with E-state index in [2.05, 4.69) is 37.2 Å². The van der Waals surface area contributed by atoms with Gasteiger partial charge in [0.2, 0.25) is 5.91 Å². The van der Waals surface area contributed by atoms with E-state index in [9.17, 15) is 4.79 Å². The SMILES string of the molecule is CCC(=O)Nc1ccc(N2C(=S)N[C@H](c3ccccn3)[C@H]2c2cccn2-c2ccc(Cl)c(C)c2)cc1OC. The van der Waals surface area contributed by atoms with E-state index in [4.69, 9.17) is 28.6 Å². The van der Waals surface area contributed by atoms with Crippen LogP contribution in [0.4, 0.5) is 11.4 Å². The number of thiocarbonyl (C=S) groups is 1. The monoisotopic (exact) mass is 545 g/mol. The molecule has 0 aliphatic carbocycles. The number of halogens is 1. The minimum absolute atomic E-state index is 0.0846. The molecule has 2 atom stereocenters. The molecule has 0 saturated carbocycles. The van der Waals surface area contributed by atoms with Crippen molar-refractivity contribution in [3.8, 4) is 11.4 Å². The topological polar surface area (TPSA) is 71.4 Å². The molecule has 1 saturated heterocycles. The van der Waals surface area contributed by atoms with Gasteiger partial charge in [0, 0.05) is 47.0 Å². The van der Waals surface area contributed by atoms with Gasteiger partial charge >= 0.3 is 0 Å². The summed E-state index contributed by atoms with van der Waals surface area (Å²) in [6.07, 6.45) is 4.20. The summed E-state index contributed by atoms with van der Waals surface area (Å²) in [6.45, 7) is 3.81. The standard InChI is InChI=1S/C29H28ClN5O2S/c1-4-26(36)32-22-13-11-20(17-25(22)37-3)35-28(27(33-29(35)38)23-8-5-6-14-31-23)24-9-7-15-34(24)19-10-12-21(30)18(2)16-19/h5-17,27-28H,4H2,1-3H3,(H,32,36)(H,33,38)/t27-,28-/m1/s1. The number of hydrogen-bond acceptors (Lipinski definition) is 4. The molecule has 4 aromatic rings. The number of benzene rings is 2. The van der Waals surface area contributed by atoms with Crippen molar-refractivity contribution in [2.45, 2.75) is 32.4 Å². The molecule has 1 amide bonds. The predicted molar refractivity (Wildman–Crippen MR) is 155 cm³/mol. The molecule has 7 nitrogen and oxygen atoms in total. The average molecular weight is 546 g/mol. The third kappa shape index (κ3) is 4.85. The number of nitrogens with one attached hydrogen (secondary N) is 2. The Labute approximate surface area is 232 Å². The van der Waals surface area contributed by atoms with Crippen LogP contribution in [0.25, 0.3) is 5.69 Å². The number of hydrogen-bond donors (Lipinski definition) is 2. The lowest BCUT2D eigenvalue weighted by Gasteiger charge is -2.29. The highest BCUT2D eigenvalue weighted by atomic mass is 35.5. The van der Waals surface area contributed by atoms with Crippen molar-refractivity contribution in [1.29, 1.82) is 0 Å². The molecule has 0 spiro atoms. The fourth-order valence-electron chi connectivity index (χ4n) is 4.75. The van der Waals surface area contributed by atoms with E-state index in [1.807, 2.05) is 74.6 Å². The van der Waals surface area contributed by atoms with E-state index in [0.717, 1.165) is 33.3 Å². The van der Waals surface area contributed by atoms with Crippen LogP contribution in [-0.2, 0) is 4.79 Å². The summed E-state index contributed by atoms with van der Waals surface area (Å²) in [5.41, 5.74) is 5.34. The second kappa shape index (κ2) is 10.8. The quantitative estimate of drug-likeness (QED) is 0.263. The normalized spacial score (nSPS) is 16.8. The molecule has 2 aromatic heterocycles. The molecule has 5 rings (SSSR count). The van der Waals surface area contributed by atoms with Gasteiger partial charge in [-0.25, -0.2) is 0 Å². The van der Waals surface area contributed by atoms with E-state index in [-0.39, 0.29) is 18.0 Å². The number of carbonyl (C=O) groups is 1. The molecule has 1 fully saturated rings. The van der Waals surface area contributed by atoms with Crippen molar-refractivity contribution in [1.82, 2.24) is 14.9 Å². The molecule has 38 heavy (non-hydrogen) atoms. The van der Waals surface area contributed by atoms with Gasteiger partial charge in [-0.15, -0.1) is 0 Å². The van der Waals surface area contributed by atoms with Crippen LogP contribution in [0, 0.1) is 6.92 Å². The minimum atomic E-state index is -0.232. The van der Waals surface area contributed by atoms with Gasteiger partial charge in [-0.3, -0.25) is 9.78 Å². The number of pyridine rings is 1. The van der Waals surface area contributed by atoms with Gasteiger partial charge in [0.05, 0.1) is 24.5 Å². The maximum absolute atomic E-state index is 12.0. The molecule has 2 N–H and O–H groups in total. The van der Waals surface area contributed by atoms with Crippen LogP contribution in [0.2, 0.25) is 5.02 Å². The summed E-state index contributed by atoms with van der Waals surface area (Å²) in [6, 6.07) is 21.2. The molecule has 194 valence electrons. The molecule has 1 aliphatic heterocycles. The van der Waals surface area contributed by atoms with Crippen molar-refractivity contribution < 1.29 is 9.53 Å². The zero-order valence-electron chi connectivity index (χ0n) is 21.3. The molecule has 2 aromatic carbocycles. The number of aromatic nitrogens is 2. The first-order valence-corrected chi connectivity index (χ1v) is 13.1. The van der Waals surface area contributed by atoms with Crippen molar-refractivity contribution in [2.75, 3.05) is 17.3 Å². The molecule has 0 radical (unpaired) electrons. The van der Waals surface area contributed by atoms with Crippen molar-refractivity contribution in [3.63, 3.8) is 0 Å². The second-order valence-corrected chi connectivity index (χ2v) is 9.81. The van der Waals surface area contributed by atoms with Gasteiger partial charge < -0.3 is 24.8 Å². The first-order valence-electron chi connectivity index (χ1n) is 12.3. The lowest BCUT2D eigenvalue weighted by atomic mass is 10.0. The third-order valence-electron chi connectivity index (χ3n) is 6.66. The molecule has 0 unspecified atom stereocenters. The van der Waals surface area contributed by atoms with Crippen LogP contribution in [0.15, 0.2) is 79.1 Å². The van der Waals surface area contributed by atoms with Crippen LogP contribution in [0.5, 0.6) is 5.75 Å². The van der Waals surface area contributed by atoms with E-state index in [1.54, 1.807) is 13.3 Å². The summed E-state index contributed by atoms with van der Waals surface area (Å²) in [4.78, 5) is 18.8. The fraction of sp³-hybridized carbons (Fsp3) is 0.207. The fourth-order valence-corrected chi connectivity index (χ4v) is 5.22. The maximum Gasteiger partial charge on any atom is 0.224 e. The Hall–Kier alpha value is -3.88. The average Bonchev–Trinajstić information content (AvgIpc) is 3.55. The number of anilines is 2. The number of carbonyl (C=O) groups excluding carboxylic acids is 1. The summed E-state index contributed by atoms with van der Waals surface area (Å²) in [7, 11) is 1.59. The summed E-state index contributed by atoms with van der Waals surface area (Å²) < 4.78 is 7.80. The van der Waals surface area contributed by atoms with Crippen LogP contribution in [0.3, 0.4) is 0 Å². The van der Waals surface area contributed by atoms with Crippen LogP contribution >= 0.6 is 23.8 Å². The van der Waals surface area contributed by atoms with Gasteiger partial charge in [-0.2, -0.15) is 0 Å². The summed E-state index contributed by atoms with van der Waals surface area (Å²) in [5, 5.41) is 7.69. The number of rotatable bonds is 7. The zero-order chi connectivity index (χ0) is 26.8. The van der Waals surface area contributed by atoms with Crippen LogP contribution in [-0.4, -0.2) is 27.7 Å². The number of aryl methyl sites for hydroxylation is 1. The van der Waals surface area contributed by atoms with Gasteiger partial charge in [0.1, 0.15) is 11.8 Å². The highest BCUT2D eigenvalue weighted by Crippen LogP contribution is 2.44. The Morgan fingerprint density at radius 2 is 1.95 bits per heavy atom. The van der Waals surface area contributed by atoms with Gasteiger partial charge in [-0.1, -0.05) is 24.6 Å². The summed E-state index contributed by atoms with van der Waals surface area (Å²) >= 11 is 12.2. The van der Waals surface area contributed by atoms with Crippen LogP contribution in [0.1, 0.15) is 42.4 Å². The Bertz CT molecular complexity index is 1490. The highest BCUT2D eigenvalue weighted by Gasteiger charge is 2.42. The highest BCUT2D eigenvalue weighted by molar-refractivity contribution is 7.80. The predicted octanol–water partition coefficient (Wildman–Crippen LogP) is 6.37. The van der Waals surface area contributed by atoms with E-state index in [1.165, 1.54) is 0 Å². The Kier molecular flexibility index (Phi) is 7.35. The number of ether oxygens (including phenoxy) is 1. The molecule has 9 heteroatoms. The zero-order valence-corrected chi connectivity index (χ0v) is 22.9. The lowest BCUT2D eigenvalue weighted by molar-refractivity contribution is -0.115. The number of nitrogens with zero attached hydrogens (tertiary/aromatic N) is 3. The van der Waals surface area contributed by atoms with E-state index >= 15 is 0 Å². The van der Waals surface area contributed by atoms with Crippen molar-refractivity contribution in [2.24, 2.45) is 0 Å². The van der Waals surface area contributed by atoms with Crippen LogP contribution < -0.4 is 20.3 Å². The first kappa shape index (κ1) is 25.8. The molecular formula is C29H28ClN5O2S. The van der Waals surface area contributed by atoms with Gasteiger partial charge in [0.25, 0.3) is 0 Å². The van der Waals surface area contributed by atoms with Gasteiger partial charge in [-0.05, 0) is 79.3 Å².